The molecule has 0 fully saturated rings. The van der Waals surface area contributed by atoms with Gasteiger partial charge in [0, 0.05) is 6.26 Å². The number of halogens is 1. The predicted octanol–water partition coefficient (Wildman–Crippen LogP) is 7.58. The molecule has 0 amide bonds. The van der Waals surface area contributed by atoms with E-state index in [2.05, 4.69) is 77.3 Å². The fourth-order valence-electron chi connectivity index (χ4n) is 2.35. The molecule has 0 saturated carbocycles. The zero-order valence-electron chi connectivity index (χ0n) is 19.1. The van der Waals surface area contributed by atoms with Gasteiger partial charge in [0.15, 0.2) is 0 Å². The second-order valence-electron chi connectivity index (χ2n) is 6.96. The molecule has 0 N–H and O–H groups in total. The summed E-state index contributed by atoms with van der Waals surface area (Å²) in [6.45, 7) is 20.0. The molecule has 0 aliphatic rings. The SMILES string of the molecule is COC=[C-]c1ccccc1.CP(C)C.Cc1c(C)c(C)c(C)c(C)c1C.[Cl][Ru+]. The molecule has 1 nitrogen and oxygen atoms in total. The van der Waals surface area contributed by atoms with E-state index >= 15 is 0 Å². The van der Waals surface area contributed by atoms with Gasteiger partial charge in [0.05, 0.1) is 7.11 Å². The Hall–Kier alpha value is -0.677. The van der Waals surface area contributed by atoms with Crippen molar-refractivity contribution in [1.82, 2.24) is 0 Å². The predicted molar refractivity (Wildman–Crippen MR) is 126 cm³/mol. The third kappa shape index (κ3) is 12.0. The van der Waals surface area contributed by atoms with Crippen LogP contribution in [-0.2, 0) is 22.0 Å². The maximum absolute atomic E-state index is 4.71. The van der Waals surface area contributed by atoms with E-state index in [4.69, 9.17) is 4.74 Å². The van der Waals surface area contributed by atoms with E-state index in [1.165, 1.54) is 39.6 Å². The van der Waals surface area contributed by atoms with Crippen molar-refractivity contribution in [1.29, 1.82) is 0 Å². The van der Waals surface area contributed by atoms with E-state index in [-0.39, 0.29) is 0 Å². The monoisotopic (exact) mass is 508 g/mol. The number of benzene rings is 2. The van der Waals surface area contributed by atoms with Crippen molar-refractivity contribution in [2.24, 2.45) is 0 Å². The molecule has 2 aromatic rings. The molecule has 0 aliphatic carbocycles. The molecular weight excluding hydrogens is 472 g/mol. The molecule has 0 atom stereocenters. The van der Waals surface area contributed by atoms with Gasteiger partial charge >= 0.3 is 27.0 Å². The number of hydrogen-bond donors (Lipinski definition) is 0. The zero-order chi connectivity index (χ0) is 22.3. The normalized spacial score (nSPS) is 9.61. The molecule has 0 radical (unpaired) electrons. The molecule has 2 rings (SSSR count). The van der Waals surface area contributed by atoms with E-state index in [1.54, 1.807) is 7.11 Å². The Morgan fingerprint density at radius 2 is 1.04 bits per heavy atom. The van der Waals surface area contributed by atoms with Gasteiger partial charge in [-0.1, -0.05) is 6.07 Å². The van der Waals surface area contributed by atoms with Crippen LogP contribution in [0.3, 0.4) is 0 Å². The van der Waals surface area contributed by atoms with E-state index in [0.29, 0.717) is 7.92 Å². The van der Waals surface area contributed by atoms with Crippen molar-refractivity contribution in [2.45, 2.75) is 41.5 Å². The first-order valence-corrected chi connectivity index (χ1v) is 14.0. The second-order valence-corrected chi connectivity index (χ2v) is 9.64. The standard InChI is InChI=1S/C12H18.C9H9O.C3H9P.ClH.Ru/c1-7-8(2)10(4)12(6)11(5)9(7)3;1-10-8-7-9-5-3-2-4-6-9;1-4(2)3;;/h1-6H3;2-6,8H,1H3;1-3H3;1H;/q;-1;;;+2/p-1. The van der Waals surface area contributed by atoms with Gasteiger partial charge in [-0.3, -0.25) is 0 Å². The minimum atomic E-state index is 0.380. The first-order valence-electron chi connectivity index (χ1n) is 9.07. The maximum atomic E-state index is 4.71. The fourth-order valence-corrected chi connectivity index (χ4v) is 2.35. The van der Waals surface area contributed by atoms with E-state index in [1.807, 2.05) is 47.6 Å². The van der Waals surface area contributed by atoms with E-state index in [9.17, 15) is 0 Å². The van der Waals surface area contributed by atoms with Crippen molar-refractivity contribution >= 4 is 17.6 Å². The summed E-state index contributed by atoms with van der Waals surface area (Å²) in [5.74, 6) is 0. The Bertz CT molecular complexity index is 590. The summed E-state index contributed by atoms with van der Waals surface area (Å²) in [5, 5.41) is 0. The molecule has 28 heavy (non-hydrogen) atoms. The number of methoxy groups -OCH3 is 1. The van der Waals surface area contributed by atoms with Gasteiger partial charge in [-0.2, -0.15) is 17.7 Å². The van der Waals surface area contributed by atoms with Crippen molar-refractivity contribution in [3.8, 4) is 0 Å². The van der Waals surface area contributed by atoms with Crippen LogP contribution < -0.4 is 0 Å². The molecule has 0 unspecified atom stereocenters. The molecule has 4 heteroatoms. The molecule has 0 saturated heterocycles. The van der Waals surface area contributed by atoms with Crippen LogP contribution in [0.1, 0.15) is 38.9 Å². The summed E-state index contributed by atoms with van der Waals surface area (Å²) >= 11 is 1.82. The Morgan fingerprint density at radius 1 is 0.750 bits per heavy atom. The van der Waals surface area contributed by atoms with Crippen molar-refractivity contribution < 1.29 is 22.0 Å². The average Bonchev–Trinajstić information content (AvgIpc) is 2.70. The van der Waals surface area contributed by atoms with Crippen LogP contribution in [0, 0.1) is 47.6 Å². The third-order valence-corrected chi connectivity index (χ3v) is 4.49. The van der Waals surface area contributed by atoms with Gasteiger partial charge in [-0.15, -0.1) is 26.1 Å². The van der Waals surface area contributed by atoms with Crippen molar-refractivity contribution in [3.05, 3.63) is 81.6 Å². The topological polar surface area (TPSA) is 9.23 Å². The van der Waals surface area contributed by atoms with E-state index < -0.39 is 0 Å². The number of rotatable bonds is 2. The summed E-state index contributed by atoms with van der Waals surface area (Å²) in [6, 6.07) is 9.83. The van der Waals surface area contributed by atoms with Crippen LogP contribution >= 0.6 is 17.6 Å². The van der Waals surface area contributed by atoms with Crippen LogP contribution in [0.2, 0.25) is 0 Å². The third-order valence-electron chi connectivity index (χ3n) is 4.49. The molecule has 158 valence electrons. The molecule has 0 bridgehead atoms. The molecule has 2 aromatic carbocycles. The van der Waals surface area contributed by atoms with Crippen molar-refractivity contribution in [3.63, 3.8) is 0 Å². The van der Waals surface area contributed by atoms with Gasteiger partial charge < -0.3 is 4.74 Å². The molecular formula is C24H36ClOPRu. The van der Waals surface area contributed by atoms with Crippen LogP contribution in [0.5, 0.6) is 0 Å². The summed E-state index contributed by atoms with van der Waals surface area (Å²) in [4.78, 5) is 0. The Labute approximate surface area is 189 Å². The van der Waals surface area contributed by atoms with E-state index in [0.717, 1.165) is 5.56 Å². The van der Waals surface area contributed by atoms with Crippen LogP contribution in [0.25, 0.3) is 0 Å². The molecule has 0 spiro atoms. The number of hydrogen-bond acceptors (Lipinski definition) is 1. The Morgan fingerprint density at radius 3 is 1.29 bits per heavy atom. The van der Waals surface area contributed by atoms with Gasteiger partial charge in [0.1, 0.15) is 0 Å². The summed E-state index contributed by atoms with van der Waals surface area (Å²) in [5.41, 5.74) is 9.76. The zero-order valence-corrected chi connectivity index (χ0v) is 22.4. The van der Waals surface area contributed by atoms with Gasteiger partial charge in [-0.25, -0.2) is 0 Å². The van der Waals surface area contributed by atoms with Crippen LogP contribution in [0.4, 0.5) is 0 Å². The molecule has 0 heterocycles. The van der Waals surface area contributed by atoms with Crippen LogP contribution in [0.15, 0.2) is 36.6 Å². The van der Waals surface area contributed by atoms with Crippen molar-refractivity contribution in [2.75, 3.05) is 27.1 Å². The van der Waals surface area contributed by atoms with Gasteiger partial charge in [0.25, 0.3) is 0 Å². The Balaban J connectivity index is 0. The molecule has 0 aliphatic heterocycles. The second kappa shape index (κ2) is 17.2. The first-order chi connectivity index (χ1) is 13.1. The summed E-state index contributed by atoms with van der Waals surface area (Å²) in [7, 11) is 6.56. The van der Waals surface area contributed by atoms with Gasteiger partial charge in [0.2, 0.25) is 0 Å². The summed E-state index contributed by atoms with van der Waals surface area (Å²) < 4.78 is 4.71. The Kier molecular flexibility index (Phi) is 18.1. The first kappa shape index (κ1) is 29.5. The van der Waals surface area contributed by atoms with Crippen LogP contribution in [-0.4, -0.2) is 27.1 Å². The minimum absolute atomic E-state index is 0.380. The average molecular weight is 508 g/mol. The fraction of sp³-hybridized carbons (Fsp3) is 0.417. The van der Waals surface area contributed by atoms with Gasteiger partial charge in [-0.05, 0) is 94.9 Å². The number of ether oxygens (including phenoxy) is 1. The summed E-state index contributed by atoms with van der Waals surface area (Å²) in [6.07, 6.45) is 4.48. The molecule has 0 aromatic heterocycles. The quantitative estimate of drug-likeness (QED) is 0.176.